The third-order valence-electron chi connectivity index (χ3n) is 8.46. The third-order valence-corrected chi connectivity index (χ3v) is 12.1. The zero-order valence-electron chi connectivity index (χ0n) is 23.1. The van der Waals surface area contributed by atoms with Crippen molar-refractivity contribution in [3.05, 3.63) is 29.3 Å². The fourth-order valence-corrected chi connectivity index (χ4v) is 9.46. The zero-order valence-corrected chi connectivity index (χ0v) is 25.4. The van der Waals surface area contributed by atoms with Crippen LogP contribution in [0.1, 0.15) is 52.4 Å². The normalized spacial score (nSPS) is 23.1. The second kappa shape index (κ2) is 12.1. The van der Waals surface area contributed by atoms with Crippen LogP contribution in [0.3, 0.4) is 0 Å². The number of hydrogen-bond donors (Lipinski definition) is 0. The van der Waals surface area contributed by atoms with Crippen LogP contribution in [0.5, 0.6) is 0 Å². The maximum atomic E-state index is 13.9. The number of sulfonamides is 1. The fourth-order valence-electron chi connectivity index (χ4n) is 6.17. The Hall–Kier alpha value is -2.05. The van der Waals surface area contributed by atoms with Crippen LogP contribution in [0, 0.1) is 0 Å². The first-order valence-electron chi connectivity index (χ1n) is 14.2. The first-order valence-corrected chi connectivity index (χ1v) is 16.8. The average molecular weight is 609 g/mol. The number of benzene rings is 1. The molecule has 2 aromatic rings. The van der Waals surface area contributed by atoms with Crippen LogP contribution in [-0.2, 0) is 24.4 Å². The Morgan fingerprint density at radius 2 is 1.85 bits per heavy atom. The van der Waals surface area contributed by atoms with Gasteiger partial charge in [0.15, 0.2) is 0 Å². The van der Waals surface area contributed by atoms with E-state index in [0.717, 1.165) is 52.8 Å². The van der Waals surface area contributed by atoms with Gasteiger partial charge in [-0.05, 0) is 81.8 Å². The van der Waals surface area contributed by atoms with Crippen LogP contribution >= 0.6 is 22.9 Å². The van der Waals surface area contributed by atoms with Gasteiger partial charge in [0.25, 0.3) is 10.0 Å². The van der Waals surface area contributed by atoms with Crippen molar-refractivity contribution in [3.63, 3.8) is 0 Å². The number of ketones is 1. The van der Waals surface area contributed by atoms with Crippen molar-refractivity contribution >= 4 is 60.6 Å². The summed E-state index contributed by atoms with van der Waals surface area (Å²) in [5.74, 6) is -0.783. The molecule has 0 radical (unpaired) electrons. The van der Waals surface area contributed by atoms with Gasteiger partial charge in [-0.2, -0.15) is 4.31 Å². The quantitative estimate of drug-likeness (QED) is 0.409. The molecule has 3 atom stereocenters. The molecule has 1 aromatic carbocycles. The van der Waals surface area contributed by atoms with E-state index in [9.17, 15) is 22.8 Å². The van der Waals surface area contributed by atoms with E-state index in [4.69, 9.17) is 11.6 Å². The summed E-state index contributed by atoms with van der Waals surface area (Å²) in [5.41, 5.74) is 0. The molecule has 0 spiro atoms. The van der Waals surface area contributed by atoms with Crippen LogP contribution in [0.15, 0.2) is 28.5 Å². The number of Topliss-reactive ketones (excluding diaryl/α,β-unsaturated/α-hetero) is 1. The lowest BCUT2D eigenvalue weighted by atomic mass is 10.2. The first kappa shape index (κ1) is 29.4. The Balaban J connectivity index is 1.35. The van der Waals surface area contributed by atoms with Gasteiger partial charge in [0.1, 0.15) is 22.1 Å². The highest BCUT2D eigenvalue weighted by atomic mass is 35.5. The summed E-state index contributed by atoms with van der Waals surface area (Å²) in [6.45, 7) is 6.95. The molecule has 218 valence electrons. The summed E-state index contributed by atoms with van der Waals surface area (Å²) in [4.78, 5) is 45.8. The van der Waals surface area contributed by atoms with E-state index in [1.54, 1.807) is 38.1 Å². The molecule has 1 unspecified atom stereocenters. The number of hydrogen-bond acceptors (Lipinski definition) is 7. The van der Waals surface area contributed by atoms with Gasteiger partial charge in [0.2, 0.25) is 11.8 Å². The third kappa shape index (κ3) is 5.81. The molecule has 12 heteroatoms. The molecule has 9 nitrogen and oxygen atoms in total. The summed E-state index contributed by atoms with van der Waals surface area (Å²) in [7, 11) is -4.16. The number of thiophene rings is 1. The van der Waals surface area contributed by atoms with Crippen LogP contribution < -0.4 is 0 Å². The number of carbonyl (C=O) groups excluding carboxylic acids is 3. The van der Waals surface area contributed by atoms with E-state index in [1.165, 1.54) is 17.7 Å². The lowest BCUT2D eigenvalue weighted by Crippen LogP contribution is -2.53. The lowest BCUT2D eigenvalue weighted by Gasteiger charge is -2.33. The number of fused-ring (bicyclic) bond motifs is 1. The van der Waals surface area contributed by atoms with Gasteiger partial charge in [0.05, 0.1) is 6.54 Å². The highest BCUT2D eigenvalue weighted by molar-refractivity contribution is 7.91. The van der Waals surface area contributed by atoms with Gasteiger partial charge in [-0.3, -0.25) is 14.4 Å². The van der Waals surface area contributed by atoms with Crippen molar-refractivity contribution in [2.45, 2.75) is 74.7 Å². The summed E-state index contributed by atoms with van der Waals surface area (Å²) in [6.07, 6.45) is 4.66. The summed E-state index contributed by atoms with van der Waals surface area (Å²) in [6, 6.07) is 5.09. The minimum Gasteiger partial charge on any atom is -0.337 e. The van der Waals surface area contributed by atoms with E-state index >= 15 is 0 Å². The molecule has 3 fully saturated rings. The van der Waals surface area contributed by atoms with E-state index in [2.05, 4.69) is 4.90 Å². The van der Waals surface area contributed by atoms with Gasteiger partial charge in [-0.1, -0.05) is 18.5 Å². The Labute approximate surface area is 245 Å². The van der Waals surface area contributed by atoms with E-state index < -0.39 is 28.0 Å². The SMILES string of the molecule is CCC(=O)CN([C@H]1CCN(C(C)C(=O)N2CCC[C@H]2CN2CCCC2)C1=O)S(=O)(=O)c1cc2cc(Cl)ccc2s1. The largest absolute Gasteiger partial charge is 0.337 e. The monoisotopic (exact) mass is 608 g/mol. The van der Waals surface area contributed by atoms with Gasteiger partial charge in [-0.15, -0.1) is 11.3 Å². The molecular weight excluding hydrogens is 572 g/mol. The molecule has 0 aliphatic carbocycles. The number of nitrogens with zero attached hydrogens (tertiary/aromatic N) is 4. The predicted molar refractivity (Wildman–Crippen MR) is 156 cm³/mol. The second-order valence-electron chi connectivity index (χ2n) is 11.0. The molecule has 0 bridgehead atoms. The van der Waals surface area contributed by atoms with Gasteiger partial charge in [0, 0.05) is 41.8 Å². The molecule has 3 saturated heterocycles. The van der Waals surface area contributed by atoms with Crippen molar-refractivity contribution in [1.82, 2.24) is 19.0 Å². The molecule has 0 saturated carbocycles. The van der Waals surface area contributed by atoms with Crippen molar-refractivity contribution in [1.29, 1.82) is 0 Å². The number of rotatable bonds is 10. The minimum atomic E-state index is -4.16. The predicted octanol–water partition coefficient (Wildman–Crippen LogP) is 3.60. The van der Waals surface area contributed by atoms with Crippen molar-refractivity contribution < 1.29 is 22.8 Å². The van der Waals surface area contributed by atoms with Crippen LogP contribution in [-0.4, -0.2) is 102 Å². The Kier molecular flexibility index (Phi) is 8.87. The molecular formula is C28H37ClN4O5S2. The molecule has 0 N–H and O–H groups in total. The molecule has 1 aromatic heterocycles. The summed E-state index contributed by atoms with van der Waals surface area (Å²) in [5, 5.41) is 1.18. The molecule has 3 aliphatic heterocycles. The second-order valence-corrected chi connectivity index (χ2v) is 14.7. The number of amides is 2. The van der Waals surface area contributed by atoms with Crippen LogP contribution in [0.2, 0.25) is 5.02 Å². The lowest BCUT2D eigenvalue weighted by molar-refractivity contribution is -0.144. The van der Waals surface area contributed by atoms with Gasteiger partial charge < -0.3 is 14.7 Å². The van der Waals surface area contributed by atoms with Crippen LogP contribution in [0.4, 0.5) is 0 Å². The molecule has 40 heavy (non-hydrogen) atoms. The maximum absolute atomic E-state index is 13.9. The molecule has 2 amide bonds. The fraction of sp³-hybridized carbons (Fsp3) is 0.607. The molecule has 5 rings (SSSR count). The number of halogens is 1. The van der Waals surface area contributed by atoms with Crippen molar-refractivity contribution in [2.24, 2.45) is 0 Å². The van der Waals surface area contributed by atoms with Crippen molar-refractivity contribution in [2.75, 3.05) is 39.3 Å². The summed E-state index contributed by atoms with van der Waals surface area (Å²) >= 11 is 7.19. The maximum Gasteiger partial charge on any atom is 0.253 e. The summed E-state index contributed by atoms with van der Waals surface area (Å²) < 4.78 is 29.7. The topological polar surface area (TPSA) is 98.3 Å². The van der Waals surface area contributed by atoms with E-state index in [0.29, 0.717) is 17.0 Å². The number of carbonyl (C=O) groups is 3. The highest BCUT2D eigenvalue weighted by Gasteiger charge is 2.46. The minimum absolute atomic E-state index is 0.0610. The average Bonchev–Trinajstić information content (AvgIpc) is 3.74. The first-order chi connectivity index (χ1) is 19.1. The van der Waals surface area contributed by atoms with E-state index in [-0.39, 0.29) is 47.9 Å². The van der Waals surface area contributed by atoms with Gasteiger partial charge in [-0.25, -0.2) is 8.42 Å². The van der Waals surface area contributed by atoms with E-state index in [1.807, 2.05) is 4.90 Å². The van der Waals surface area contributed by atoms with Crippen molar-refractivity contribution in [3.8, 4) is 0 Å². The van der Waals surface area contributed by atoms with Gasteiger partial charge >= 0.3 is 0 Å². The molecule has 4 heterocycles. The standard InChI is InChI=1S/C28H37ClN4O5S2/c1-3-23(34)18-33(40(37,38)26-16-20-15-21(29)8-9-25(20)39-26)24-10-14-31(28(24)36)19(2)27(35)32-13-6-7-22(32)17-30-11-4-5-12-30/h8-9,15-16,19,22,24H,3-7,10-14,17-18H2,1-2H3/t19?,22-,24-/m0/s1. The van der Waals surface area contributed by atoms with Crippen LogP contribution in [0.25, 0.3) is 10.1 Å². The number of likely N-dealkylation sites (tertiary alicyclic amines) is 3. The zero-order chi connectivity index (χ0) is 28.6. The Morgan fingerprint density at radius 1 is 1.10 bits per heavy atom. The Bertz CT molecular complexity index is 1390. The highest BCUT2D eigenvalue weighted by Crippen LogP contribution is 2.35. The Morgan fingerprint density at radius 3 is 2.58 bits per heavy atom. The smallest absolute Gasteiger partial charge is 0.253 e. The molecule has 3 aliphatic rings.